The summed E-state index contributed by atoms with van der Waals surface area (Å²) in [5.74, 6) is 0.269. The normalized spacial score (nSPS) is 9.96. The van der Waals surface area contributed by atoms with Crippen molar-refractivity contribution in [3.05, 3.63) is 53.1 Å². The number of nitrogens with one attached hydrogen (secondary N) is 1. The number of amides is 1. The highest BCUT2D eigenvalue weighted by Crippen LogP contribution is 2.28. The second kappa shape index (κ2) is 8.21. The van der Waals surface area contributed by atoms with E-state index in [4.69, 9.17) is 25.8 Å². The van der Waals surface area contributed by atoms with Crippen LogP contribution >= 0.6 is 11.6 Å². The molecular weight excluding hydrogens is 334 g/mol. The summed E-state index contributed by atoms with van der Waals surface area (Å²) in [5, 5.41) is 3.04. The van der Waals surface area contributed by atoms with Gasteiger partial charge in [0.15, 0.2) is 0 Å². The highest BCUT2D eigenvalue weighted by Gasteiger charge is 2.11. The molecule has 0 bridgehead atoms. The molecule has 0 spiro atoms. The Morgan fingerprint density at radius 1 is 1.12 bits per heavy atom. The Balaban J connectivity index is 2.01. The van der Waals surface area contributed by atoms with Gasteiger partial charge in [-0.15, -0.1) is 0 Å². The van der Waals surface area contributed by atoms with Gasteiger partial charge in [0.2, 0.25) is 0 Å². The van der Waals surface area contributed by atoms with Crippen LogP contribution < -0.4 is 14.8 Å². The van der Waals surface area contributed by atoms with Crippen LogP contribution in [0, 0.1) is 0 Å². The fourth-order valence-electron chi connectivity index (χ4n) is 1.88. The zero-order chi connectivity index (χ0) is 17.5. The van der Waals surface area contributed by atoms with E-state index < -0.39 is 12.1 Å². The second-order valence-electron chi connectivity index (χ2n) is 4.60. The minimum atomic E-state index is -0.695. The number of carbonyl (C=O) groups is 2. The first-order valence-electron chi connectivity index (χ1n) is 7.13. The smallest absolute Gasteiger partial charge is 0.417 e. The number of carbonyl (C=O) groups excluding carboxylic acids is 2. The van der Waals surface area contributed by atoms with Crippen LogP contribution in [0.4, 0.5) is 10.5 Å². The quantitative estimate of drug-likeness (QED) is 0.821. The highest BCUT2D eigenvalue weighted by atomic mass is 35.5. The lowest BCUT2D eigenvalue weighted by Gasteiger charge is -2.11. The van der Waals surface area contributed by atoms with E-state index in [1.54, 1.807) is 25.1 Å². The van der Waals surface area contributed by atoms with Crippen molar-refractivity contribution in [2.75, 3.05) is 19.0 Å². The lowest BCUT2D eigenvalue weighted by Crippen LogP contribution is -2.17. The Bertz CT molecular complexity index is 730. The molecule has 0 saturated heterocycles. The van der Waals surface area contributed by atoms with Gasteiger partial charge in [-0.25, -0.2) is 9.59 Å². The summed E-state index contributed by atoms with van der Waals surface area (Å²) in [7, 11) is 1.47. The van der Waals surface area contributed by atoms with E-state index in [9.17, 15) is 9.59 Å². The molecular formula is C17H16ClNO5. The Hall–Kier alpha value is -2.73. The van der Waals surface area contributed by atoms with Gasteiger partial charge >= 0.3 is 12.1 Å². The number of anilines is 1. The number of rotatable bonds is 5. The predicted molar refractivity (Wildman–Crippen MR) is 90.0 cm³/mol. The van der Waals surface area contributed by atoms with Gasteiger partial charge in [0.1, 0.15) is 11.5 Å². The van der Waals surface area contributed by atoms with Crippen LogP contribution in [0.15, 0.2) is 42.5 Å². The minimum absolute atomic E-state index is 0.286. The van der Waals surface area contributed by atoms with Crippen molar-refractivity contribution in [2.45, 2.75) is 6.92 Å². The molecule has 0 aliphatic carbocycles. The number of benzene rings is 2. The molecule has 0 aliphatic heterocycles. The molecule has 0 radical (unpaired) electrons. The summed E-state index contributed by atoms with van der Waals surface area (Å²) in [6.45, 7) is 2.02. The summed E-state index contributed by atoms with van der Waals surface area (Å²) in [6.07, 6.45) is -0.695. The molecule has 0 atom stereocenters. The standard InChI is InChI=1S/C17H16ClNO5/c1-3-23-16(20)11-4-7-13(8-5-11)24-17(21)19-14-9-6-12(18)10-15(14)22-2/h4-10H,3H2,1-2H3,(H,19,21). The van der Waals surface area contributed by atoms with Crippen molar-refractivity contribution < 1.29 is 23.8 Å². The molecule has 2 aromatic carbocycles. The maximum Gasteiger partial charge on any atom is 0.417 e. The molecule has 0 fully saturated rings. The highest BCUT2D eigenvalue weighted by molar-refractivity contribution is 6.30. The Morgan fingerprint density at radius 3 is 2.46 bits per heavy atom. The van der Waals surface area contributed by atoms with Crippen molar-refractivity contribution in [1.82, 2.24) is 0 Å². The van der Waals surface area contributed by atoms with Gasteiger partial charge in [-0.2, -0.15) is 0 Å². The van der Waals surface area contributed by atoms with E-state index in [1.165, 1.54) is 31.4 Å². The van der Waals surface area contributed by atoms with Crippen molar-refractivity contribution in [3.8, 4) is 11.5 Å². The fraction of sp³-hybridized carbons (Fsp3) is 0.176. The number of ether oxygens (including phenoxy) is 3. The van der Waals surface area contributed by atoms with Gasteiger partial charge in [-0.05, 0) is 43.3 Å². The number of methoxy groups -OCH3 is 1. The summed E-state index contributed by atoms with van der Waals surface area (Å²) in [5.41, 5.74) is 0.805. The van der Waals surface area contributed by atoms with E-state index in [0.717, 1.165) is 0 Å². The molecule has 0 aliphatic rings. The topological polar surface area (TPSA) is 73.9 Å². The van der Waals surface area contributed by atoms with Crippen molar-refractivity contribution in [2.24, 2.45) is 0 Å². The molecule has 24 heavy (non-hydrogen) atoms. The molecule has 1 amide bonds. The molecule has 2 rings (SSSR count). The fourth-order valence-corrected chi connectivity index (χ4v) is 2.05. The van der Waals surface area contributed by atoms with Crippen molar-refractivity contribution in [3.63, 3.8) is 0 Å². The average molecular weight is 350 g/mol. The van der Waals surface area contributed by atoms with Crippen LogP contribution in [0.5, 0.6) is 11.5 Å². The Kier molecular flexibility index (Phi) is 6.03. The molecule has 6 nitrogen and oxygen atoms in total. The average Bonchev–Trinajstić information content (AvgIpc) is 2.57. The van der Waals surface area contributed by atoms with Gasteiger partial charge in [-0.1, -0.05) is 11.6 Å². The van der Waals surface area contributed by atoms with Gasteiger partial charge in [0, 0.05) is 11.1 Å². The van der Waals surface area contributed by atoms with Gasteiger partial charge < -0.3 is 14.2 Å². The van der Waals surface area contributed by atoms with Crippen LogP contribution in [0.1, 0.15) is 17.3 Å². The summed E-state index contributed by atoms with van der Waals surface area (Å²) in [6, 6.07) is 10.8. The van der Waals surface area contributed by atoms with Crippen molar-refractivity contribution >= 4 is 29.4 Å². The van der Waals surface area contributed by atoms with E-state index in [1.807, 2.05) is 0 Å². The number of esters is 1. The lowest BCUT2D eigenvalue weighted by molar-refractivity contribution is 0.0526. The van der Waals surface area contributed by atoms with Gasteiger partial charge in [0.05, 0.1) is 25.0 Å². The van der Waals surface area contributed by atoms with E-state index >= 15 is 0 Å². The predicted octanol–water partition coefficient (Wildman–Crippen LogP) is 4.14. The zero-order valence-corrected chi connectivity index (χ0v) is 13.9. The molecule has 2 aromatic rings. The third kappa shape index (κ3) is 4.63. The second-order valence-corrected chi connectivity index (χ2v) is 5.04. The molecule has 1 N–H and O–H groups in total. The summed E-state index contributed by atoms with van der Waals surface area (Å²) in [4.78, 5) is 23.5. The molecule has 0 heterocycles. The number of halogens is 1. The first kappa shape index (κ1) is 17.6. The van der Waals surface area contributed by atoms with Crippen LogP contribution in [0.25, 0.3) is 0 Å². The summed E-state index contributed by atoms with van der Waals surface area (Å²) < 4.78 is 15.2. The maximum atomic E-state index is 11.9. The third-order valence-corrected chi connectivity index (χ3v) is 3.21. The Labute approximate surface area is 144 Å². The zero-order valence-electron chi connectivity index (χ0n) is 13.2. The number of hydrogen-bond donors (Lipinski definition) is 1. The summed E-state index contributed by atoms with van der Waals surface area (Å²) >= 11 is 5.86. The molecule has 0 unspecified atom stereocenters. The monoisotopic (exact) mass is 349 g/mol. The molecule has 7 heteroatoms. The van der Waals surface area contributed by atoms with Crippen molar-refractivity contribution in [1.29, 1.82) is 0 Å². The maximum absolute atomic E-state index is 11.9. The largest absolute Gasteiger partial charge is 0.495 e. The molecule has 0 saturated carbocycles. The van der Waals surface area contributed by atoms with Gasteiger partial charge in [0.25, 0.3) is 0 Å². The van der Waals surface area contributed by atoms with Crippen LogP contribution in [-0.4, -0.2) is 25.8 Å². The Morgan fingerprint density at radius 2 is 1.83 bits per heavy atom. The first-order chi connectivity index (χ1) is 11.5. The minimum Gasteiger partial charge on any atom is -0.495 e. The van der Waals surface area contributed by atoms with E-state index in [0.29, 0.717) is 28.6 Å². The first-order valence-corrected chi connectivity index (χ1v) is 7.51. The molecule has 126 valence electrons. The number of hydrogen-bond acceptors (Lipinski definition) is 5. The van der Waals surface area contributed by atoms with Crippen LogP contribution in [-0.2, 0) is 4.74 Å². The molecule has 0 aromatic heterocycles. The van der Waals surface area contributed by atoms with E-state index in [-0.39, 0.29) is 5.75 Å². The van der Waals surface area contributed by atoms with Crippen LogP contribution in [0.2, 0.25) is 5.02 Å². The van der Waals surface area contributed by atoms with Crippen LogP contribution in [0.3, 0.4) is 0 Å². The van der Waals surface area contributed by atoms with Gasteiger partial charge in [-0.3, -0.25) is 5.32 Å². The van der Waals surface area contributed by atoms with E-state index in [2.05, 4.69) is 5.32 Å². The lowest BCUT2D eigenvalue weighted by atomic mass is 10.2. The third-order valence-electron chi connectivity index (χ3n) is 2.98. The SMILES string of the molecule is CCOC(=O)c1ccc(OC(=O)Nc2ccc(Cl)cc2OC)cc1.